The summed E-state index contributed by atoms with van der Waals surface area (Å²) in [5, 5.41) is 20.9. The Morgan fingerprint density at radius 3 is 2.53 bits per heavy atom. The van der Waals surface area contributed by atoms with E-state index in [0.29, 0.717) is 5.56 Å². The second-order valence-electron chi connectivity index (χ2n) is 3.57. The van der Waals surface area contributed by atoms with Crippen LogP contribution in [0.3, 0.4) is 0 Å². The van der Waals surface area contributed by atoms with Crippen molar-refractivity contribution in [2.75, 3.05) is 0 Å². The van der Waals surface area contributed by atoms with E-state index in [2.05, 4.69) is 5.32 Å². The highest BCUT2D eigenvalue weighted by molar-refractivity contribution is 5.83. The van der Waals surface area contributed by atoms with E-state index in [0.717, 1.165) is 0 Å². The third kappa shape index (κ3) is 4.12. The van der Waals surface area contributed by atoms with E-state index in [1.54, 1.807) is 18.2 Å². The predicted octanol–water partition coefficient (Wildman–Crippen LogP) is -0.190. The highest BCUT2D eigenvalue weighted by Gasteiger charge is 2.19. The van der Waals surface area contributed by atoms with Gasteiger partial charge in [-0.1, -0.05) is 18.2 Å². The summed E-state index contributed by atoms with van der Waals surface area (Å²) in [5.74, 6) is -1.77. The number of hydrogen-bond acceptors (Lipinski definition) is 4. The predicted molar refractivity (Wildman–Crippen MR) is 60.2 cm³/mol. The van der Waals surface area contributed by atoms with Crippen LogP contribution in [0.15, 0.2) is 24.3 Å². The van der Waals surface area contributed by atoms with Crippen LogP contribution in [0.2, 0.25) is 0 Å². The molecule has 92 valence electrons. The van der Waals surface area contributed by atoms with Crippen LogP contribution < -0.4 is 11.1 Å². The minimum Gasteiger partial charge on any atom is -0.508 e. The first kappa shape index (κ1) is 13.0. The van der Waals surface area contributed by atoms with Gasteiger partial charge in [0.05, 0.1) is 6.42 Å². The maximum atomic E-state index is 10.8. The lowest BCUT2D eigenvalue weighted by molar-refractivity contribution is -0.141. The number of amides is 1. The maximum Gasteiger partial charge on any atom is 0.321 e. The van der Waals surface area contributed by atoms with Crippen LogP contribution in [-0.4, -0.2) is 28.1 Å². The first-order valence-electron chi connectivity index (χ1n) is 5.02. The Hall–Kier alpha value is -2.08. The number of carbonyl (C=O) groups excluding carboxylic acids is 1. The Bertz CT molecular complexity index is 420. The molecule has 0 fully saturated rings. The number of carbonyl (C=O) groups is 2. The fourth-order valence-electron chi connectivity index (χ4n) is 1.34. The van der Waals surface area contributed by atoms with Crippen molar-refractivity contribution in [2.24, 2.45) is 5.73 Å². The molecule has 1 atom stereocenters. The molecule has 1 aromatic carbocycles. The normalized spacial score (nSPS) is 12.0. The molecule has 0 saturated carbocycles. The largest absolute Gasteiger partial charge is 0.508 e. The minimum atomic E-state index is -1.15. The van der Waals surface area contributed by atoms with Crippen molar-refractivity contribution in [3.05, 3.63) is 29.8 Å². The molecule has 5 N–H and O–H groups in total. The minimum absolute atomic E-state index is 0.0724. The molecule has 1 rings (SSSR count). The zero-order valence-electron chi connectivity index (χ0n) is 9.09. The number of aliphatic carboxylic acids is 1. The number of carboxylic acid groups (broad SMARTS) is 1. The van der Waals surface area contributed by atoms with Crippen LogP contribution in [0.4, 0.5) is 0 Å². The second-order valence-corrected chi connectivity index (χ2v) is 3.57. The summed E-state index contributed by atoms with van der Waals surface area (Å²) >= 11 is 0. The topological polar surface area (TPSA) is 113 Å². The van der Waals surface area contributed by atoms with E-state index in [4.69, 9.17) is 10.8 Å². The number of hydrogen-bond donors (Lipinski definition) is 4. The lowest BCUT2D eigenvalue weighted by Crippen LogP contribution is -2.39. The van der Waals surface area contributed by atoms with Crippen molar-refractivity contribution in [2.45, 2.75) is 19.0 Å². The summed E-state index contributed by atoms with van der Waals surface area (Å²) in [6.45, 7) is 0.150. The molecular weight excluding hydrogens is 224 g/mol. The molecule has 6 heteroatoms. The van der Waals surface area contributed by atoms with E-state index in [1.807, 2.05) is 0 Å². The molecule has 0 aromatic heterocycles. The summed E-state index contributed by atoms with van der Waals surface area (Å²) in [6.07, 6.45) is -0.289. The SMILES string of the molecule is NC(=O)C[C@H](NCc1ccccc1O)C(=O)O. The van der Waals surface area contributed by atoms with Crippen LogP contribution >= 0.6 is 0 Å². The van der Waals surface area contributed by atoms with Crippen LogP contribution in [0, 0.1) is 0 Å². The summed E-state index contributed by atoms with van der Waals surface area (Å²) < 4.78 is 0. The van der Waals surface area contributed by atoms with Crippen molar-refractivity contribution >= 4 is 11.9 Å². The number of phenols is 1. The Labute approximate surface area is 98.1 Å². The van der Waals surface area contributed by atoms with E-state index in [9.17, 15) is 14.7 Å². The molecule has 0 saturated heterocycles. The van der Waals surface area contributed by atoms with Crippen molar-refractivity contribution in [3.63, 3.8) is 0 Å². The summed E-state index contributed by atoms with van der Waals surface area (Å²) in [5.41, 5.74) is 5.50. The molecule has 17 heavy (non-hydrogen) atoms. The number of benzene rings is 1. The van der Waals surface area contributed by atoms with E-state index in [1.165, 1.54) is 6.07 Å². The zero-order valence-corrected chi connectivity index (χ0v) is 9.09. The quantitative estimate of drug-likeness (QED) is 0.548. The van der Waals surface area contributed by atoms with Crippen LogP contribution in [0.25, 0.3) is 0 Å². The van der Waals surface area contributed by atoms with Gasteiger partial charge in [0.1, 0.15) is 11.8 Å². The summed E-state index contributed by atoms with van der Waals surface area (Å²) in [6, 6.07) is 5.50. The molecule has 0 bridgehead atoms. The van der Waals surface area contributed by atoms with E-state index in [-0.39, 0.29) is 18.7 Å². The van der Waals surface area contributed by atoms with Gasteiger partial charge in [-0.15, -0.1) is 0 Å². The van der Waals surface area contributed by atoms with E-state index >= 15 is 0 Å². The van der Waals surface area contributed by atoms with Gasteiger partial charge in [-0.2, -0.15) is 0 Å². The van der Waals surface area contributed by atoms with Gasteiger partial charge >= 0.3 is 5.97 Å². The van der Waals surface area contributed by atoms with Crippen LogP contribution in [-0.2, 0) is 16.1 Å². The van der Waals surface area contributed by atoms with Gasteiger partial charge in [0.15, 0.2) is 0 Å². The number of primary amides is 1. The Morgan fingerprint density at radius 2 is 2.00 bits per heavy atom. The fraction of sp³-hybridized carbons (Fsp3) is 0.273. The Kier molecular flexibility index (Phi) is 4.47. The molecule has 6 nitrogen and oxygen atoms in total. The van der Waals surface area contributed by atoms with Crippen molar-refractivity contribution in [3.8, 4) is 5.75 Å². The zero-order chi connectivity index (χ0) is 12.8. The van der Waals surface area contributed by atoms with E-state index < -0.39 is 17.9 Å². The van der Waals surface area contributed by atoms with Crippen molar-refractivity contribution in [1.82, 2.24) is 5.32 Å². The van der Waals surface area contributed by atoms with Crippen molar-refractivity contribution < 1.29 is 19.8 Å². The first-order valence-corrected chi connectivity index (χ1v) is 5.02. The average molecular weight is 238 g/mol. The molecule has 0 spiro atoms. The number of para-hydroxylation sites is 1. The number of rotatable bonds is 6. The number of aromatic hydroxyl groups is 1. The Morgan fingerprint density at radius 1 is 1.35 bits per heavy atom. The van der Waals surface area contributed by atoms with Gasteiger partial charge < -0.3 is 15.9 Å². The monoisotopic (exact) mass is 238 g/mol. The summed E-state index contributed by atoms with van der Waals surface area (Å²) in [4.78, 5) is 21.5. The molecule has 1 aromatic rings. The lowest BCUT2D eigenvalue weighted by Gasteiger charge is -2.13. The first-order chi connectivity index (χ1) is 8.00. The van der Waals surface area contributed by atoms with Gasteiger partial charge in [0, 0.05) is 12.1 Å². The number of phenolic OH excluding ortho intramolecular Hbond substituents is 1. The van der Waals surface area contributed by atoms with Gasteiger partial charge in [0.2, 0.25) is 5.91 Å². The van der Waals surface area contributed by atoms with Crippen LogP contribution in [0.1, 0.15) is 12.0 Å². The molecular formula is C11H14N2O4. The molecule has 1 amide bonds. The molecule has 0 radical (unpaired) electrons. The number of nitrogens with two attached hydrogens (primary N) is 1. The Balaban J connectivity index is 2.61. The smallest absolute Gasteiger partial charge is 0.321 e. The van der Waals surface area contributed by atoms with Gasteiger partial charge in [-0.25, -0.2) is 0 Å². The molecule has 0 aliphatic heterocycles. The average Bonchev–Trinajstić information content (AvgIpc) is 2.25. The standard InChI is InChI=1S/C11H14N2O4/c12-10(15)5-8(11(16)17)13-6-7-3-1-2-4-9(7)14/h1-4,8,13-14H,5-6H2,(H2,12,15)(H,16,17)/t8-/m0/s1. The van der Waals surface area contributed by atoms with Gasteiger partial charge in [-0.3, -0.25) is 14.9 Å². The molecule has 0 aliphatic carbocycles. The maximum absolute atomic E-state index is 10.8. The molecule has 0 aliphatic rings. The summed E-state index contributed by atoms with van der Waals surface area (Å²) in [7, 11) is 0. The van der Waals surface area contributed by atoms with Crippen LogP contribution in [0.5, 0.6) is 5.75 Å². The van der Waals surface area contributed by atoms with Crippen molar-refractivity contribution in [1.29, 1.82) is 0 Å². The third-order valence-corrected chi connectivity index (χ3v) is 2.23. The number of nitrogens with one attached hydrogen (secondary N) is 1. The highest BCUT2D eigenvalue weighted by atomic mass is 16.4. The third-order valence-electron chi connectivity index (χ3n) is 2.23. The molecule has 0 unspecified atom stereocenters. The molecule has 0 heterocycles. The fourth-order valence-corrected chi connectivity index (χ4v) is 1.34. The van der Waals surface area contributed by atoms with Gasteiger partial charge in [0.25, 0.3) is 0 Å². The second kappa shape index (κ2) is 5.86. The lowest BCUT2D eigenvalue weighted by atomic mass is 10.1. The highest BCUT2D eigenvalue weighted by Crippen LogP contribution is 2.15. The number of carboxylic acids is 1. The van der Waals surface area contributed by atoms with Gasteiger partial charge in [-0.05, 0) is 6.07 Å².